The average Bonchev–Trinajstić information content (AvgIpc) is 2.82. The van der Waals surface area contributed by atoms with Crippen molar-refractivity contribution in [3.05, 3.63) is 72.3 Å². The van der Waals surface area contributed by atoms with Crippen LogP contribution < -0.4 is 15.5 Å². The molecule has 176 valence electrons. The number of anilines is 2. The van der Waals surface area contributed by atoms with Crippen LogP contribution in [0.5, 0.6) is 0 Å². The van der Waals surface area contributed by atoms with Gasteiger partial charge in [-0.2, -0.15) is 0 Å². The molecule has 33 heavy (non-hydrogen) atoms. The molecule has 0 spiro atoms. The van der Waals surface area contributed by atoms with Crippen molar-refractivity contribution in [2.75, 3.05) is 42.9 Å². The molecule has 1 aliphatic heterocycles. The molecular weight excluding hydrogens is 412 g/mol. The lowest BCUT2D eigenvalue weighted by atomic mass is 10.1. The Balaban J connectivity index is 1.32. The van der Waals surface area contributed by atoms with Gasteiger partial charge in [-0.3, -0.25) is 14.5 Å². The molecule has 1 aliphatic rings. The van der Waals surface area contributed by atoms with Crippen LogP contribution >= 0.6 is 0 Å². The van der Waals surface area contributed by atoms with Gasteiger partial charge in [0.2, 0.25) is 11.8 Å². The van der Waals surface area contributed by atoms with Crippen LogP contribution in [0.15, 0.2) is 61.2 Å². The number of nitrogens with zero attached hydrogens (tertiary/aromatic N) is 2. The minimum atomic E-state index is -0.232. The van der Waals surface area contributed by atoms with E-state index in [2.05, 4.69) is 65.1 Å². The summed E-state index contributed by atoms with van der Waals surface area (Å²) in [6.07, 6.45) is 3.33. The molecule has 0 bridgehead atoms. The van der Waals surface area contributed by atoms with Crippen LogP contribution in [0.1, 0.15) is 30.9 Å². The van der Waals surface area contributed by atoms with Crippen LogP contribution in [0.25, 0.3) is 0 Å². The third-order valence-electron chi connectivity index (χ3n) is 6.07. The van der Waals surface area contributed by atoms with Crippen LogP contribution in [-0.4, -0.2) is 55.5 Å². The predicted octanol–water partition coefficient (Wildman–Crippen LogP) is 3.77. The van der Waals surface area contributed by atoms with Crippen molar-refractivity contribution in [2.24, 2.45) is 0 Å². The molecule has 0 aliphatic carbocycles. The largest absolute Gasteiger partial charge is 0.369 e. The van der Waals surface area contributed by atoms with Crippen molar-refractivity contribution in [1.29, 1.82) is 0 Å². The fourth-order valence-corrected chi connectivity index (χ4v) is 4.06. The number of carbonyl (C=O) groups excluding carboxylic acids is 2. The van der Waals surface area contributed by atoms with Crippen molar-refractivity contribution in [1.82, 2.24) is 10.2 Å². The van der Waals surface area contributed by atoms with Gasteiger partial charge in [0.05, 0.1) is 0 Å². The number of rotatable bonds is 10. The number of carbonyl (C=O) groups is 2. The number of piperazine rings is 1. The predicted molar refractivity (Wildman–Crippen MR) is 136 cm³/mol. The monoisotopic (exact) mass is 448 g/mol. The standard InChI is InChI=1S/C27H36N4O2/c1-4-26(32)29-24-11-8-23(9-12-24)10-13-27(33)28-22(3)14-15-30-16-18-31(19-17-30)25-7-5-6-21(2)20-25/h4-9,11-12,20,22H,1,10,13-19H2,2-3H3,(H,28,33)(H,29,32). The fourth-order valence-electron chi connectivity index (χ4n) is 4.06. The van der Waals surface area contributed by atoms with E-state index in [1.807, 2.05) is 24.3 Å². The fraction of sp³-hybridized carbons (Fsp3) is 0.407. The second kappa shape index (κ2) is 12.2. The summed E-state index contributed by atoms with van der Waals surface area (Å²) in [6.45, 7) is 12.9. The van der Waals surface area contributed by atoms with E-state index < -0.39 is 0 Å². The highest BCUT2D eigenvalue weighted by molar-refractivity contribution is 5.98. The van der Waals surface area contributed by atoms with Crippen LogP contribution in [0.4, 0.5) is 11.4 Å². The first-order valence-electron chi connectivity index (χ1n) is 11.8. The molecule has 1 saturated heterocycles. The first-order valence-corrected chi connectivity index (χ1v) is 11.8. The second-order valence-electron chi connectivity index (χ2n) is 8.82. The lowest BCUT2D eigenvalue weighted by Crippen LogP contribution is -2.47. The highest BCUT2D eigenvalue weighted by Crippen LogP contribution is 2.18. The normalized spacial score (nSPS) is 15.0. The smallest absolute Gasteiger partial charge is 0.247 e. The minimum absolute atomic E-state index is 0.0794. The van der Waals surface area contributed by atoms with E-state index in [1.165, 1.54) is 17.3 Å². The number of aryl methyl sites for hydroxylation is 2. The third kappa shape index (κ3) is 8.06. The minimum Gasteiger partial charge on any atom is -0.369 e. The summed E-state index contributed by atoms with van der Waals surface area (Å²) in [6, 6.07) is 16.4. The zero-order valence-electron chi connectivity index (χ0n) is 19.8. The van der Waals surface area contributed by atoms with Gasteiger partial charge in [0.15, 0.2) is 0 Å². The van der Waals surface area contributed by atoms with Crippen LogP contribution in [0, 0.1) is 6.92 Å². The SMILES string of the molecule is C=CC(=O)Nc1ccc(CCC(=O)NC(C)CCN2CCN(c3cccc(C)c3)CC2)cc1. The average molecular weight is 449 g/mol. The van der Waals surface area contributed by atoms with Crippen LogP contribution in [0.2, 0.25) is 0 Å². The molecule has 2 amide bonds. The summed E-state index contributed by atoms with van der Waals surface area (Å²) in [5.41, 5.74) is 4.40. The Morgan fingerprint density at radius 1 is 1.09 bits per heavy atom. The van der Waals surface area contributed by atoms with Gasteiger partial charge in [0.25, 0.3) is 0 Å². The van der Waals surface area contributed by atoms with Gasteiger partial charge >= 0.3 is 0 Å². The highest BCUT2D eigenvalue weighted by atomic mass is 16.2. The van der Waals surface area contributed by atoms with E-state index in [9.17, 15) is 9.59 Å². The van der Waals surface area contributed by atoms with Gasteiger partial charge in [-0.15, -0.1) is 0 Å². The number of nitrogens with one attached hydrogen (secondary N) is 2. The molecule has 1 heterocycles. The van der Waals surface area contributed by atoms with Crippen LogP contribution in [-0.2, 0) is 16.0 Å². The summed E-state index contributed by atoms with van der Waals surface area (Å²) >= 11 is 0. The van der Waals surface area contributed by atoms with Crippen molar-refractivity contribution in [3.63, 3.8) is 0 Å². The number of benzene rings is 2. The lowest BCUT2D eigenvalue weighted by molar-refractivity contribution is -0.121. The van der Waals surface area contributed by atoms with E-state index in [1.54, 1.807) is 0 Å². The Morgan fingerprint density at radius 3 is 2.48 bits per heavy atom. The summed E-state index contributed by atoms with van der Waals surface area (Å²) in [7, 11) is 0. The van der Waals surface area contributed by atoms with E-state index >= 15 is 0 Å². The Hall–Kier alpha value is -3.12. The summed E-state index contributed by atoms with van der Waals surface area (Å²) < 4.78 is 0. The quantitative estimate of drug-likeness (QED) is 0.543. The van der Waals surface area contributed by atoms with Gasteiger partial charge in [-0.05, 0) is 68.2 Å². The van der Waals surface area contributed by atoms with E-state index in [-0.39, 0.29) is 17.9 Å². The first-order chi connectivity index (χ1) is 15.9. The Kier molecular flexibility index (Phi) is 9.07. The molecule has 2 aromatic carbocycles. The van der Waals surface area contributed by atoms with Crippen molar-refractivity contribution >= 4 is 23.2 Å². The highest BCUT2D eigenvalue weighted by Gasteiger charge is 2.18. The maximum atomic E-state index is 12.4. The number of hydrogen-bond acceptors (Lipinski definition) is 4. The Bertz CT molecular complexity index is 933. The molecule has 1 unspecified atom stereocenters. The maximum absolute atomic E-state index is 12.4. The number of hydrogen-bond donors (Lipinski definition) is 2. The molecule has 6 heteroatoms. The molecule has 2 aromatic rings. The van der Waals surface area contributed by atoms with Crippen molar-refractivity contribution in [2.45, 2.75) is 39.2 Å². The molecule has 1 atom stereocenters. The van der Waals surface area contributed by atoms with E-state index in [4.69, 9.17) is 0 Å². The number of amides is 2. The third-order valence-corrected chi connectivity index (χ3v) is 6.07. The van der Waals surface area contributed by atoms with Gasteiger partial charge in [-0.1, -0.05) is 30.8 Å². The molecular formula is C27H36N4O2. The maximum Gasteiger partial charge on any atom is 0.247 e. The summed E-state index contributed by atoms with van der Waals surface area (Å²) in [4.78, 5) is 28.6. The lowest BCUT2D eigenvalue weighted by Gasteiger charge is -2.36. The Morgan fingerprint density at radius 2 is 1.82 bits per heavy atom. The van der Waals surface area contributed by atoms with Gasteiger partial charge in [-0.25, -0.2) is 0 Å². The van der Waals surface area contributed by atoms with E-state index in [0.29, 0.717) is 12.8 Å². The van der Waals surface area contributed by atoms with Gasteiger partial charge in [0.1, 0.15) is 0 Å². The van der Waals surface area contributed by atoms with Crippen molar-refractivity contribution in [3.8, 4) is 0 Å². The van der Waals surface area contributed by atoms with Gasteiger partial charge < -0.3 is 15.5 Å². The van der Waals surface area contributed by atoms with Gasteiger partial charge in [0, 0.05) is 56.6 Å². The second-order valence-corrected chi connectivity index (χ2v) is 8.82. The first kappa shape index (κ1) is 24.5. The Labute approximate surface area is 197 Å². The molecule has 2 N–H and O–H groups in total. The molecule has 0 radical (unpaired) electrons. The zero-order chi connectivity index (χ0) is 23.6. The molecule has 0 saturated carbocycles. The summed E-state index contributed by atoms with van der Waals surface area (Å²) in [5, 5.41) is 5.85. The van der Waals surface area contributed by atoms with Crippen LogP contribution in [0.3, 0.4) is 0 Å². The van der Waals surface area contributed by atoms with E-state index in [0.717, 1.165) is 50.4 Å². The summed E-state index contributed by atoms with van der Waals surface area (Å²) in [5.74, 6) is -0.153. The zero-order valence-corrected chi connectivity index (χ0v) is 19.8. The van der Waals surface area contributed by atoms with Crippen molar-refractivity contribution < 1.29 is 9.59 Å². The molecule has 3 rings (SSSR count). The molecule has 6 nitrogen and oxygen atoms in total. The topological polar surface area (TPSA) is 64.7 Å². The molecule has 0 aromatic heterocycles. The molecule has 1 fully saturated rings.